The molecule has 2 aliphatic heterocycles. The number of ether oxygens (including phenoxy) is 2. The molecule has 1 saturated heterocycles. The van der Waals surface area contributed by atoms with Crippen LogP contribution in [0.5, 0.6) is 5.75 Å². The van der Waals surface area contributed by atoms with E-state index in [4.69, 9.17) is 4.74 Å². The summed E-state index contributed by atoms with van der Waals surface area (Å²) in [5.41, 5.74) is 2.88. The van der Waals surface area contributed by atoms with Crippen LogP contribution in [0.25, 0.3) is 23.0 Å². The van der Waals surface area contributed by atoms with Gasteiger partial charge in [0.15, 0.2) is 17.9 Å². The average Bonchev–Trinajstić information content (AvgIpc) is 3.31. The van der Waals surface area contributed by atoms with Crippen molar-refractivity contribution in [2.75, 3.05) is 31.2 Å². The highest BCUT2D eigenvalue weighted by atomic mass is 19.4. The molecule has 3 aromatic rings. The van der Waals surface area contributed by atoms with Crippen molar-refractivity contribution in [2.45, 2.75) is 6.36 Å². The molecule has 0 unspecified atom stereocenters. The maximum absolute atomic E-state index is 14.4. The van der Waals surface area contributed by atoms with Gasteiger partial charge < -0.3 is 19.5 Å². The van der Waals surface area contributed by atoms with Crippen LogP contribution < -0.4 is 20.1 Å². The monoisotopic (exact) mass is 512 g/mol. The SMILES string of the molecule is O=CC1=Nc2cc(=C(O)c3ccc(OC(F)(F)F)c(F)c3)c(-c3ccc(N4CCOCC4)cc3)cc2=C1. The molecule has 6 nitrogen and oxygen atoms in total. The van der Waals surface area contributed by atoms with E-state index in [1.807, 2.05) is 24.3 Å². The number of hydrogen-bond donors (Lipinski definition) is 1. The van der Waals surface area contributed by atoms with Crippen molar-refractivity contribution in [3.8, 4) is 16.9 Å². The third kappa shape index (κ3) is 5.19. The standard InChI is InChI=1S/C27H20F4N2O4/c28-23-13-17(3-6-25(23)37-27(29,30)31)26(35)22-14-24-18(11-19(15-34)32-24)12-21(22)16-1-4-20(5-2-16)33-7-9-36-10-8-33/h1-6,11-15,35H,7-10H2. The fourth-order valence-electron chi connectivity index (χ4n) is 4.33. The van der Waals surface area contributed by atoms with Gasteiger partial charge in [-0.1, -0.05) is 12.1 Å². The van der Waals surface area contributed by atoms with Crippen molar-refractivity contribution < 1.29 is 36.9 Å². The minimum Gasteiger partial charge on any atom is -0.507 e. The second-order valence-corrected chi connectivity index (χ2v) is 8.44. The zero-order chi connectivity index (χ0) is 26.2. The summed E-state index contributed by atoms with van der Waals surface area (Å²) in [6.07, 6.45) is -2.84. The summed E-state index contributed by atoms with van der Waals surface area (Å²) in [5, 5.41) is 12.1. The first-order valence-corrected chi connectivity index (χ1v) is 11.3. The number of morpholine rings is 1. The Morgan fingerprint density at radius 3 is 2.43 bits per heavy atom. The van der Waals surface area contributed by atoms with E-state index < -0.39 is 17.9 Å². The largest absolute Gasteiger partial charge is 0.573 e. The Morgan fingerprint density at radius 1 is 1.05 bits per heavy atom. The number of aliphatic hydroxyl groups is 1. The molecular formula is C27H20F4N2O4. The lowest BCUT2D eigenvalue weighted by atomic mass is 9.98. The molecule has 0 atom stereocenters. The van der Waals surface area contributed by atoms with Crippen LogP contribution in [0.2, 0.25) is 0 Å². The number of aliphatic imine (C=N–C) groups is 1. The topological polar surface area (TPSA) is 71.4 Å². The lowest BCUT2D eigenvalue weighted by Crippen LogP contribution is -2.36. The summed E-state index contributed by atoms with van der Waals surface area (Å²) in [6.45, 7) is 2.80. The fraction of sp³-hybridized carbons (Fsp3) is 0.185. The van der Waals surface area contributed by atoms with E-state index in [2.05, 4.69) is 14.6 Å². The van der Waals surface area contributed by atoms with Crippen LogP contribution in [0.3, 0.4) is 0 Å². The number of benzene rings is 3. The smallest absolute Gasteiger partial charge is 0.507 e. The lowest BCUT2D eigenvalue weighted by Gasteiger charge is -2.29. The lowest BCUT2D eigenvalue weighted by molar-refractivity contribution is -0.275. The number of halogens is 4. The van der Waals surface area contributed by atoms with Crippen molar-refractivity contribution >= 4 is 35.2 Å². The van der Waals surface area contributed by atoms with Gasteiger partial charge in [0.2, 0.25) is 0 Å². The zero-order valence-corrected chi connectivity index (χ0v) is 19.3. The second-order valence-electron chi connectivity index (χ2n) is 8.44. The van der Waals surface area contributed by atoms with Gasteiger partial charge in [0.05, 0.1) is 18.9 Å². The van der Waals surface area contributed by atoms with Crippen LogP contribution in [0, 0.1) is 5.82 Å². The number of carbonyl (C=O) groups excluding carboxylic acids is 1. The quantitative estimate of drug-likeness (QED) is 0.413. The summed E-state index contributed by atoms with van der Waals surface area (Å²) in [5.74, 6) is -2.66. The molecule has 2 heterocycles. The summed E-state index contributed by atoms with van der Waals surface area (Å²) in [4.78, 5) is 17.7. The number of nitrogens with zero attached hydrogens (tertiary/aromatic N) is 2. The molecule has 0 bridgehead atoms. The molecular weight excluding hydrogens is 492 g/mol. The molecule has 10 heteroatoms. The van der Waals surface area contributed by atoms with Gasteiger partial charge in [0.1, 0.15) is 11.5 Å². The number of carbonyl (C=O) groups is 1. The summed E-state index contributed by atoms with van der Waals surface area (Å²) in [7, 11) is 0. The Hall–Kier alpha value is -4.18. The first kappa shape index (κ1) is 24.5. The number of fused-ring (bicyclic) bond motifs is 1. The van der Waals surface area contributed by atoms with Gasteiger partial charge in [-0.2, -0.15) is 0 Å². The van der Waals surface area contributed by atoms with Gasteiger partial charge >= 0.3 is 6.36 Å². The van der Waals surface area contributed by atoms with Crippen molar-refractivity contribution in [2.24, 2.45) is 4.99 Å². The molecule has 0 radical (unpaired) electrons. The van der Waals surface area contributed by atoms with Crippen molar-refractivity contribution in [3.63, 3.8) is 0 Å². The molecule has 5 rings (SSSR count). The molecule has 2 aliphatic rings. The predicted molar refractivity (Wildman–Crippen MR) is 130 cm³/mol. The van der Waals surface area contributed by atoms with Crippen LogP contribution in [0.4, 0.5) is 28.9 Å². The highest BCUT2D eigenvalue weighted by molar-refractivity contribution is 6.43. The summed E-state index contributed by atoms with van der Waals surface area (Å²) < 4.78 is 61.1. The molecule has 0 saturated carbocycles. The highest BCUT2D eigenvalue weighted by Crippen LogP contribution is 2.28. The van der Waals surface area contributed by atoms with Gasteiger partial charge in [0, 0.05) is 34.8 Å². The first-order valence-electron chi connectivity index (χ1n) is 11.3. The Bertz CT molecular complexity index is 1510. The maximum Gasteiger partial charge on any atom is 0.573 e. The Balaban J connectivity index is 1.62. The molecule has 0 aromatic heterocycles. The van der Waals surface area contributed by atoms with Crippen LogP contribution in [-0.2, 0) is 9.53 Å². The highest BCUT2D eigenvalue weighted by Gasteiger charge is 2.32. The molecule has 1 N–H and O–H groups in total. The molecule has 190 valence electrons. The molecule has 37 heavy (non-hydrogen) atoms. The van der Waals surface area contributed by atoms with Crippen molar-refractivity contribution in [3.05, 3.63) is 76.4 Å². The van der Waals surface area contributed by atoms with E-state index in [-0.39, 0.29) is 22.3 Å². The van der Waals surface area contributed by atoms with E-state index in [0.717, 1.165) is 42.5 Å². The average molecular weight is 512 g/mol. The molecule has 0 spiro atoms. The second kappa shape index (κ2) is 9.70. The molecule has 1 fully saturated rings. The van der Waals surface area contributed by atoms with E-state index in [1.165, 1.54) is 0 Å². The zero-order valence-electron chi connectivity index (χ0n) is 19.3. The van der Waals surface area contributed by atoms with Crippen molar-refractivity contribution in [1.29, 1.82) is 0 Å². The number of aldehydes is 1. The fourth-order valence-corrected chi connectivity index (χ4v) is 4.33. The van der Waals surface area contributed by atoms with Crippen LogP contribution >= 0.6 is 0 Å². The third-order valence-electron chi connectivity index (χ3n) is 6.08. The molecule has 3 aromatic carbocycles. The number of rotatable bonds is 5. The van der Waals surface area contributed by atoms with Crippen LogP contribution in [-0.4, -0.2) is 49.8 Å². The summed E-state index contributed by atoms with van der Waals surface area (Å²) in [6, 6.07) is 13.6. The van der Waals surface area contributed by atoms with E-state index >= 15 is 0 Å². The first-order chi connectivity index (χ1) is 17.7. The summed E-state index contributed by atoms with van der Waals surface area (Å²) >= 11 is 0. The Kier molecular flexibility index (Phi) is 6.43. The van der Waals surface area contributed by atoms with Gasteiger partial charge in [-0.15, -0.1) is 13.2 Å². The van der Waals surface area contributed by atoms with Crippen molar-refractivity contribution in [1.82, 2.24) is 0 Å². The van der Waals surface area contributed by atoms with Gasteiger partial charge in [-0.3, -0.25) is 4.79 Å². The molecule has 0 aliphatic carbocycles. The molecule has 0 amide bonds. The third-order valence-corrected chi connectivity index (χ3v) is 6.08. The number of alkyl halides is 3. The Morgan fingerprint density at radius 2 is 1.78 bits per heavy atom. The van der Waals surface area contributed by atoms with Gasteiger partial charge in [0.25, 0.3) is 0 Å². The maximum atomic E-state index is 14.4. The number of hydrogen-bond acceptors (Lipinski definition) is 6. The van der Waals surface area contributed by atoms with E-state index in [9.17, 15) is 27.5 Å². The predicted octanol–water partition coefficient (Wildman–Crippen LogP) is 4.01. The Labute approximate surface area is 208 Å². The minimum atomic E-state index is -5.06. The minimum absolute atomic E-state index is 0.0558. The van der Waals surface area contributed by atoms with Crippen LogP contribution in [0.1, 0.15) is 5.56 Å². The van der Waals surface area contributed by atoms with Gasteiger partial charge in [-0.25, -0.2) is 9.38 Å². The normalized spacial score (nSPS) is 16.0. The number of anilines is 1. The van der Waals surface area contributed by atoms with Crippen LogP contribution in [0.15, 0.2) is 59.6 Å². The van der Waals surface area contributed by atoms with E-state index in [0.29, 0.717) is 36.0 Å². The van der Waals surface area contributed by atoms with Gasteiger partial charge in [-0.05, 0) is 59.7 Å². The van der Waals surface area contributed by atoms with E-state index in [1.54, 1.807) is 18.2 Å². The number of aliphatic hydroxyl groups excluding tert-OH is 1.